The summed E-state index contributed by atoms with van der Waals surface area (Å²) in [7, 11) is 1.32. The number of ether oxygens (including phenoxy) is 1. The number of methoxy groups -OCH3 is 1. The molecule has 0 saturated carbocycles. The molecule has 0 radical (unpaired) electrons. The first-order valence-corrected chi connectivity index (χ1v) is 9.29. The van der Waals surface area contributed by atoms with E-state index in [-0.39, 0.29) is 11.8 Å². The monoisotopic (exact) mass is 384 g/mol. The summed E-state index contributed by atoms with van der Waals surface area (Å²) in [5.41, 5.74) is 1.93. The zero-order chi connectivity index (χ0) is 19.6. The first-order chi connectivity index (χ1) is 12.9. The molecule has 0 fully saturated rings. The Labute approximate surface area is 161 Å². The van der Waals surface area contributed by atoms with Crippen molar-refractivity contribution < 1.29 is 18.8 Å². The Bertz CT molecular complexity index is 973. The minimum atomic E-state index is -0.487. The van der Waals surface area contributed by atoms with Crippen LogP contribution in [0.1, 0.15) is 51.1 Å². The lowest BCUT2D eigenvalue weighted by atomic mass is 10.1. The number of rotatable bonds is 5. The van der Waals surface area contributed by atoms with Crippen LogP contribution in [0.4, 0.5) is 5.00 Å². The van der Waals surface area contributed by atoms with Gasteiger partial charge < -0.3 is 14.6 Å². The highest BCUT2D eigenvalue weighted by Crippen LogP contribution is 2.34. The molecule has 7 heteroatoms. The Kier molecular flexibility index (Phi) is 5.41. The molecule has 27 heavy (non-hydrogen) atoms. The van der Waals surface area contributed by atoms with Crippen LogP contribution >= 0.6 is 11.3 Å². The molecule has 3 rings (SSSR count). The van der Waals surface area contributed by atoms with Crippen LogP contribution in [0.5, 0.6) is 0 Å². The molecule has 0 bridgehead atoms. The van der Waals surface area contributed by atoms with Gasteiger partial charge in [0.15, 0.2) is 0 Å². The molecule has 0 aliphatic rings. The van der Waals surface area contributed by atoms with Crippen molar-refractivity contribution >= 4 is 28.2 Å². The number of aryl methyl sites for hydroxylation is 1. The van der Waals surface area contributed by atoms with Crippen molar-refractivity contribution in [1.82, 2.24) is 5.16 Å². The van der Waals surface area contributed by atoms with Crippen LogP contribution in [0, 0.1) is 6.92 Å². The Balaban J connectivity index is 1.98. The quantitative estimate of drug-likeness (QED) is 0.635. The van der Waals surface area contributed by atoms with Gasteiger partial charge in [-0.25, -0.2) is 4.79 Å². The van der Waals surface area contributed by atoms with Gasteiger partial charge in [-0.1, -0.05) is 49.3 Å². The Hall–Kier alpha value is -2.93. The number of hydrogen-bond acceptors (Lipinski definition) is 6. The van der Waals surface area contributed by atoms with E-state index in [2.05, 4.69) is 10.5 Å². The summed E-state index contributed by atoms with van der Waals surface area (Å²) in [4.78, 5) is 26.1. The highest BCUT2D eigenvalue weighted by molar-refractivity contribution is 7.16. The zero-order valence-electron chi connectivity index (χ0n) is 15.5. The molecule has 0 spiro atoms. The molecule has 1 amide bonds. The summed E-state index contributed by atoms with van der Waals surface area (Å²) < 4.78 is 10.1. The van der Waals surface area contributed by atoms with E-state index in [9.17, 15) is 9.59 Å². The molecule has 0 aliphatic carbocycles. The summed E-state index contributed by atoms with van der Waals surface area (Å²) >= 11 is 1.36. The van der Waals surface area contributed by atoms with E-state index in [1.54, 1.807) is 13.0 Å². The number of hydrogen-bond donors (Lipinski definition) is 1. The molecule has 1 aromatic carbocycles. The van der Waals surface area contributed by atoms with Gasteiger partial charge in [-0.3, -0.25) is 4.79 Å². The Morgan fingerprint density at radius 3 is 2.56 bits per heavy atom. The number of amides is 1. The van der Waals surface area contributed by atoms with E-state index in [4.69, 9.17) is 9.26 Å². The smallest absolute Gasteiger partial charge is 0.340 e. The van der Waals surface area contributed by atoms with E-state index in [1.165, 1.54) is 18.4 Å². The highest BCUT2D eigenvalue weighted by Gasteiger charge is 2.25. The number of benzene rings is 1. The van der Waals surface area contributed by atoms with Crippen molar-refractivity contribution in [3.8, 4) is 11.3 Å². The van der Waals surface area contributed by atoms with Gasteiger partial charge >= 0.3 is 5.97 Å². The van der Waals surface area contributed by atoms with E-state index in [0.29, 0.717) is 27.6 Å². The number of nitrogens with zero attached hydrogens (tertiary/aromatic N) is 1. The second-order valence-electron chi connectivity index (χ2n) is 6.32. The van der Waals surface area contributed by atoms with Gasteiger partial charge in [-0.2, -0.15) is 0 Å². The molecule has 2 heterocycles. The first kappa shape index (κ1) is 18.8. The summed E-state index contributed by atoms with van der Waals surface area (Å²) in [5.74, 6) is -0.235. The molecular formula is C20H20N2O4S. The fraction of sp³-hybridized carbons (Fsp3) is 0.250. The van der Waals surface area contributed by atoms with Gasteiger partial charge in [0.2, 0.25) is 0 Å². The second kappa shape index (κ2) is 7.75. The number of carbonyl (C=O) groups is 2. The molecule has 3 aromatic rings. The van der Waals surface area contributed by atoms with Gasteiger partial charge in [-0.05, 0) is 18.9 Å². The maximum absolute atomic E-state index is 13.0. The predicted molar refractivity (Wildman–Crippen MR) is 104 cm³/mol. The average Bonchev–Trinajstić information content (AvgIpc) is 3.25. The number of aromatic nitrogens is 1. The molecule has 1 N–H and O–H groups in total. The number of esters is 1. The molecule has 140 valence electrons. The number of carbonyl (C=O) groups excluding carboxylic acids is 2. The van der Waals surface area contributed by atoms with Crippen LogP contribution in [0.3, 0.4) is 0 Å². The lowest BCUT2D eigenvalue weighted by molar-refractivity contribution is 0.0602. The summed E-state index contributed by atoms with van der Waals surface area (Å²) in [6.45, 7) is 5.73. The summed E-state index contributed by atoms with van der Waals surface area (Å²) in [6, 6.07) is 11.1. The zero-order valence-corrected chi connectivity index (χ0v) is 16.3. The molecule has 0 unspecified atom stereocenters. The maximum Gasteiger partial charge on any atom is 0.340 e. The third-order valence-electron chi connectivity index (χ3n) is 4.09. The predicted octanol–water partition coefficient (Wildman–Crippen LogP) is 4.87. The SMILES string of the molecule is COC(=O)c1cc(C(C)C)sc1NC(=O)c1c(-c2ccccc2)noc1C. The molecule has 0 aliphatic heterocycles. The molecule has 0 saturated heterocycles. The summed E-state index contributed by atoms with van der Waals surface area (Å²) in [6.07, 6.45) is 0. The van der Waals surface area contributed by atoms with Crippen molar-refractivity contribution in [1.29, 1.82) is 0 Å². The van der Waals surface area contributed by atoms with Crippen molar-refractivity contribution in [3.63, 3.8) is 0 Å². The van der Waals surface area contributed by atoms with Gasteiger partial charge in [0, 0.05) is 10.4 Å². The minimum Gasteiger partial charge on any atom is -0.465 e. The number of anilines is 1. The van der Waals surface area contributed by atoms with Crippen molar-refractivity contribution in [2.75, 3.05) is 12.4 Å². The Morgan fingerprint density at radius 1 is 1.22 bits per heavy atom. The largest absolute Gasteiger partial charge is 0.465 e. The van der Waals surface area contributed by atoms with E-state index < -0.39 is 5.97 Å². The van der Waals surface area contributed by atoms with Crippen molar-refractivity contribution in [2.24, 2.45) is 0 Å². The first-order valence-electron chi connectivity index (χ1n) is 8.47. The van der Waals surface area contributed by atoms with Crippen LogP contribution in [0.15, 0.2) is 40.9 Å². The maximum atomic E-state index is 13.0. The fourth-order valence-electron chi connectivity index (χ4n) is 2.65. The number of nitrogens with one attached hydrogen (secondary N) is 1. The fourth-order valence-corrected chi connectivity index (χ4v) is 3.69. The lowest BCUT2D eigenvalue weighted by Gasteiger charge is -2.06. The van der Waals surface area contributed by atoms with E-state index >= 15 is 0 Å². The van der Waals surface area contributed by atoms with Crippen LogP contribution in [0.2, 0.25) is 0 Å². The van der Waals surface area contributed by atoms with Crippen LogP contribution in [0.25, 0.3) is 11.3 Å². The van der Waals surface area contributed by atoms with Gasteiger partial charge in [0.05, 0.1) is 12.7 Å². The van der Waals surface area contributed by atoms with Gasteiger partial charge in [0.1, 0.15) is 22.0 Å². The topological polar surface area (TPSA) is 81.4 Å². The van der Waals surface area contributed by atoms with Gasteiger partial charge in [0.25, 0.3) is 5.91 Å². The van der Waals surface area contributed by atoms with Crippen LogP contribution in [-0.2, 0) is 4.74 Å². The molecule has 0 atom stereocenters. The molecule has 6 nitrogen and oxygen atoms in total. The van der Waals surface area contributed by atoms with E-state index in [0.717, 1.165) is 10.4 Å². The third kappa shape index (κ3) is 3.78. The standard InChI is InChI=1S/C20H20N2O4S/c1-11(2)15-10-14(20(24)25-4)19(27-15)21-18(23)16-12(3)26-22-17(16)13-8-6-5-7-9-13/h5-11H,1-4H3,(H,21,23). The van der Waals surface area contributed by atoms with Crippen LogP contribution < -0.4 is 5.32 Å². The van der Waals surface area contributed by atoms with Crippen molar-refractivity contribution in [3.05, 3.63) is 58.2 Å². The lowest BCUT2D eigenvalue weighted by Crippen LogP contribution is -2.15. The Morgan fingerprint density at radius 2 is 1.93 bits per heavy atom. The highest BCUT2D eigenvalue weighted by atomic mass is 32.1. The van der Waals surface area contributed by atoms with Crippen molar-refractivity contribution in [2.45, 2.75) is 26.7 Å². The minimum absolute atomic E-state index is 0.223. The normalized spacial score (nSPS) is 10.9. The average molecular weight is 384 g/mol. The van der Waals surface area contributed by atoms with Crippen LogP contribution in [-0.4, -0.2) is 24.1 Å². The molecule has 2 aromatic heterocycles. The molecular weight excluding hydrogens is 364 g/mol. The van der Waals surface area contributed by atoms with Gasteiger partial charge in [-0.15, -0.1) is 11.3 Å². The number of thiophene rings is 1. The third-order valence-corrected chi connectivity index (χ3v) is 5.44. The summed E-state index contributed by atoms with van der Waals surface area (Å²) in [5, 5.41) is 7.32. The van der Waals surface area contributed by atoms with E-state index in [1.807, 2.05) is 44.2 Å². The second-order valence-corrected chi connectivity index (χ2v) is 7.40.